The number of methoxy groups -OCH3 is 1. The number of hydrogen-bond donors (Lipinski definition) is 1. The molecule has 3 fully saturated rings. The molecule has 1 N–H and O–H groups in total. The maximum Gasteiger partial charge on any atom is 0.330 e. The summed E-state index contributed by atoms with van der Waals surface area (Å²) in [5.74, 6) is -0.547. The van der Waals surface area contributed by atoms with E-state index in [4.69, 9.17) is 4.74 Å². The highest BCUT2D eigenvalue weighted by atomic mass is 16.5. The summed E-state index contributed by atoms with van der Waals surface area (Å²) >= 11 is 0. The number of Topliss-reactive ketones (excluding diaryl/α,β-unsaturated/α-hetero) is 2. The third-order valence-corrected chi connectivity index (χ3v) is 10.4. The van der Waals surface area contributed by atoms with Crippen molar-refractivity contribution in [2.45, 2.75) is 80.3 Å². The Kier molecular flexibility index (Phi) is 5.12. The highest BCUT2D eigenvalue weighted by Crippen LogP contribution is 2.77. The largest absolute Gasteiger partial charge is 0.466 e. The van der Waals surface area contributed by atoms with Gasteiger partial charge in [-0.25, -0.2) is 4.79 Å². The standard InChI is InChI=1S/C28H38O5/c1-16(29)17-9-10-19-25(4,18(17)15-20(30)33-8)11-14-28(7)23-24(2,3)21(31)22(32)26(23,5)12-13-27(19,28)6/h9-10,15,22-23,32H,11-14H2,1-8H3/b18-15-/t22-,23-,25+,26+,27-,28+/m1/s1. The van der Waals surface area contributed by atoms with Crippen molar-refractivity contribution >= 4 is 17.5 Å². The first-order valence-corrected chi connectivity index (χ1v) is 12.1. The lowest BCUT2D eigenvalue weighted by atomic mass is 9.35. The molecule has 0 radical (unpaired) electrons. The number of aliphatic hydroxyl groups excluding tert-OH is 1. The molecule has 6 atom stereocenters. The Hall–Kier alpha value is -2.01. The molecule has 33 heavy (non-hydrogen) atoms. The van der Waals surface area contributed by atoms with E-state index in [9.17, 15) is 19.5 Å². The van der Waals surface area contributed by atoms with Crippen LogP contribution in [0, 0.1) is 33.0 Å². The van der Waals surface area contributed by atoms with Crippen LogP contribution in [-0.2, 0) is 19.1 Å². The average molecular weight is 455 g/mol. The zero-order valence-corrected chi connectivity index (χ0v) is 21.3. The molecule has 4 aliphatic carbocycles. The van der Waals surface area contributed by atoms with Crippen LogP contribution in [0.3, 0.4) is 0 Å². The topological polar surface area (TPSA) is 80.7 Å². The number of ether oxygens (including phenoxy) is 1. The van der Waals surface area contributed by atoms with E-state index in [1.165, 1.54) is 25.7 Å². The molecular weight excluding hydrogens is 416 g/mol. The highest BCUT2D eigenvalue weighted by Gasteiger charge is 2.74. The molecule has 0 unspecified atom stereocenters. The molecule has 0 aromatic rings. The molecular formula is C28H38O5. The van der Waals surface area contributed by atoms with Crippen LogP contribution in [0.4, 0.5) is 0 Å². The van der Waals surface area contributed by atoms with E-state index in [-0.39, 0.29) is 28.3 Å². The fourth-order valence-electron chi connectivity index (χ4n) is 8.74. The molecule has 0 heterocycles. The van der Waals surface area contributed by atoms with Crippen LogP contribution in [0.15, 0.2) is 34.9 Å². The number of rotatable bonds is 2. The Morgan fingerprint density at radius 3 is 2.24 bits per heavy atom. The molecule has 180 valence electrons. The van der Waals surface area contributed by atoms with Gasteiger partial charge in [-0.15, -0.1) is 0 Å². The molecule has 5 nitrogen and oxygen atoms in total. The molecule has 0 aromatic heterocycles. The molecule has 0 bridgehead atoms. The number of allylic oxidation sites excluding steroid dienone is 5. The van der Waals surface area contributed by atoms with Crippen molar-refractivity contribution in [3.63, 3.8) is 0 Å². The third-order valence-electron chi connectivity index (χ3n) is 10.4. The van der Waals surface area contributed by atoms with Crippen LogP contribution in [-0.4, -0.2) is 35.9 Å². The summed E-state index contributed by atoms with van der Waals surface area (Å²) < 4.78 is 4.94. The Morgan fingerprint density at radius 2 is 1.67 bits per heavy atom. The maximum absolute atomic E-state index is 13.2. The Labute approximate surface area is 197 Å². The van der Waals surface area contributed by atoms with E-state index >= 15 is 0 Å². The van der Waals surface area contributed by atoms with E-state index in [2.05, 4.69) is 33.8 Å². The van der Waals surface area contributed by atoms with Crippen molar-refractivity contribution in [3.05, 3.63) is 34.9 Å². The summed E-state index contributed by atoms with van der Waals surface area (Å²) in [6.07, 6.45) is 7.71. The van der Waals surface area contributed by atoms with Gasteiger partial charge in [0, 0.05) is 27.9 Å². The van der Waals surface area contributed by atoms with Crippen molar-refractivity contribution in [2.75, 3.05) is 7.11 Å². The molecule has 5 heteroatoms. The fraction of sp³-hybridized carbons (Fsp3) is 0.679. The summed E-state index contributed by atoms with van der Waals surface area (Å²) in [7, 11) is 1.35. The van der Waals surface area contributed by atoms with Crippen LogP contribution in [0.2, 0.25) is 0 Å². The van der Waals surface area contributed by atoms with E-state index in [0.717, 1.165) is 31.3 Å². The predicted molar refractivity (Wildman–Crippen MR) is 126 cm³/mol. The second-order valence-electron chi connectivity index (χ2n) is 12.3. The van der Waals surface area contributed by atoms with Gasteiger partial charge in [-0.1, -0.05) is 59.3 Å². The van der Waals surface area contributed by atoms with Crippen LogP contribution in [0.5, 0.6) is 0 Å². The minimum absolute atomic E-state index is 0.0235. The van der Waals surface area contributed by atoms with Crippen molar-refractivity contribution in [3.8, 4) is 0 Å². The van der Waals surface area contributed by atoms with Gasteiger partial charge >= 0.3 is 5.97 Å². The van der Waals surface area contributed by atoms with Crippen LogP contribution >= 0.6 is 0 Å². The van der Waals surface area contributed by atoms with Gasteiger partial charge in [-0.05, 0) is 54.9 Å². The molecule has 0 spiro atoms. The van der Waals surface area contributed by atoms with Gasteiger partial charge in [0.05, 0.1) is 7.11 Å². The number of fused-ring (bicyclic) bond motifs is 5. The van der Waals surface area contributed by atoms with E-state index in [1.807, 2.05) is 19.9 Å². The van der Waals surface area contributed by atoms with E-state index in [0.29, 0.717) is 5.57 Å². The first-order chi connectivity index (χ1) is 15.1. The van der Waals surface area contributed by atoms with Gasteiger partial charge in [0.15, 0.2) is 11.6 Å². The SMILES string of the molecule is COC(=O)/C=C1/C(C(C)=O)=CC=C2[C@@]1(C)CC[C@@]1(C)[C@@H]3C(C)(C)C(=O)[C@@H](O)[C@]3(C)CC[C@]21C. The summed E-state index contributed by atoms with van der Waals surface area (Å²) in [6.45, 7) is 14.4. The number of carbonyl (C=O) groups excluding carboxylic acids is 3. The van der Waals surface area contributed by atoms with Crippen molar-refractivity contribution < 1.29 is 24.2 Å². The zero-order valence-electron chi connectivity index (χ0n) is 21.3. The zero-order chi connectivity index (χ0) is 24.8. The maximum atomic E-state index is 13.2. The first kappa shape index (κ1) is 24.1. The van der Waals surface area contributed by atoms with Gasteiger partial charge < -0.3 is 9.84 Å². The van der Waals surface area contributed by atoms with Crippen LogP contribution < -0.4 is 0 Å². The Balaban J connectivity index is 1.93. The van der Waals surface area contributed by atoms with Gasteiger partial charge in [0.25, 0.3) is 0 Å². The lowest BCUT2D eigenvalue weighted by molar-refractivity contribution is -0.156. The Bertz CT molecular complexity index is 1040. The quantitative estimate of drug-likeness (QED) is 0.481. The van der Waals surface area contributed by atoms with Gasteiger partial charge in [-0.2, -0.15) is 0 Å². The minimum atomic E-state index is -0.938. The number of esters is 1. The van der Waals surface area contributed by atoms with Crippen LogP contribution in [0.25, 0.3) is 0 Å². The summed E-state index contributed by atoms with van der Waals surface area (Å²) in [5, 5.41) is 11.1. The van der Waals surface area contributed by atoms with E-state index in [1.54, 1.807) is 0 Å². The monoisotopic (exact) mass is 454 g/mol. The van der Waals surface area contributed by atoms with Crippen molar-refractivity contribution in [1.29, 1.82) is 0 Å². The van der Waals surface area contributed by atoms with Crippen molar-refractivity contribution in [1.82, 2.24) is 0 Å². The minimum Gasteiger partial charge on any atom is -0.466 e. The molecule has 0 amide bonds. The normalized spacial score (nSPS) is 44.9. The average Bonchev–Trinajstić information content (AvgIpc) is 2.87. The third kappa shape index (κ3) is 2.78. The molecule has 4 aliphatic rings. The molecule has 3 saturated carbocycles. The number of ketones is 2. The van der Waals surface area contributed by atoms with Crippen molar-refractivity contribution in [2.24, 2.45) is 33.0 Å². The molecule has 0 saturated heterocycles. The van der Waals surface area contributed by atoms with Gasteiger partial charge in [-0.3, -0.25) is 9.59 Å². The fourth-order valence-corrected chi connectivity index (χ4v) is 8.74. The lowest BCUT2D eigenvalue weighted by Crippen LogP contribution is -2.61. The molecule has 0 aliphatic heterocycles. The number of carbonyl (C=O) groups is 3. The lowest BCUT2D eigenvalue weighted by Gasteiger charge is -2.68. The van der Waals surface area contributed by atoms with Gasteiger partial charge in [0.1, 0.15) is 6.10 Å². The second kappa shape index (κ2) is 7.00. The first-order valence-electron chi connectivity index (χ1n) is 12.1. The second-order valence-corrected chi connectivity index (χ2v) is 12.3. The number of hydrogen-bond acceptors (Lipinski definition) is 5. The molecule has 4 rings (SSSR count). The smallest absolute Gasteiger partial charge is 0.330 e. The van der Waals surface area contributed by atoms with E-state index < -0.39 is 28.3 Å². The highest BCUT2D eigenvalue weighted by molar-refractivity contribution is 6.01. The van der Waals surface area contributed by atoms with Gasteiger partial charge in [0.2, 0.25) is 0 Å². The molecule has 0 aromatic carbocycles. The predicted octanol–water partition coefficient (Wildman–Crippen LogP) is 4.74. The van der Waals surface area contributed by atoms with Crippen LogP contribution in [0.1, 0.15) is 74.1 Å². The summed E-state index contributed by atoms with van der Waals surface area (Å²) in [4.78, 5) is 38.1. The summed E-state index contributed by atoms with van der Waals surface area (Å²) in [6, 6.07) is 0. The number of aliphatic hydroxyl groups is 1. The Morgan fingerprint density at radius 1 is 1.03 bits per heavy atom. The summed E-state index contributed by atoms with van der Waals surface area (Å²) in [5.41, 5.74) is 0.484.